The monoisotopic (exact) mass is 234 g/mol. The van der Waals surface area contributed by atoms with Crippen LogP contribution < -0.4 is 5.32 Å². The second-order valence-corrected chi connectivity index (χ2v) is 5.86. The van der Waals surface area contributed by atoms with Crippen LogP contribution in [0.3, 0.4) is 0 Å². The summed E-state index contributed by atoms with van der Waals surface area (Å²) >= 11 is 0. The molecule has 0 radical (unpaired) electrons. The lowest BCUT2D eigenvalue weighted by molar-refractivity contribution is 0.301. The smallest absolute Gasteiger partial charge is 0.150 e. The molecule has 94 valence electrons. The molecule has 3 rings (SSSR count). The maximum Gasteiger partial charge on any atom is 0.150 e. The molecule has 1 aromatic rings. The molecule has 3 unspecified atom stereocenters. The molecule has 4 heteroatoms. The molecule has 3 atom stereocenters. The largest absolute Gasteiger partial charge is 0.314 e. The van der Waals surface area contributed by atoms with Crippen LogP contribution in [0.2, 0.25) is 0 Å². The summed E-state index contributed by atoms with van der Waals surface area (Å²) in [5.41, 5.74) is 0. The van der Waals surface area contributed by atoms with Crippen LogP contribution in [0.15, 0.2) is 0 Å². The lowest BCUT2D eigenvalue weighted by Gasteiger charge is -2.29. The third-order valence-electron chi connectivity index (χ3n) is 4.21. The molecule has 4 nitrogen and oxygen atoms in total. The Hall–Kier alpha value is -0.900. The summed E-state index contributed by atoms with van der Waals surface area (Å²) in [6.45, 7) is 6.86. The van der Waals surface area contributed by atoms with E-state index < -0.39 is 0 Å². The first kappa shape index (κ1) is 11.2. The highest BCUT2D eigenvalue weighted by Gasteiger charge is 2.27. The summed E-state index contributed by atoms with van der Waals surface area (Å²) in [7, 11) is 0. The van der Waals surface area contributed by atoms with Gasteiger partial charge in [-0.25, -0.2) is 0 Å². The average Bonchev–Trinajstić information content (AvgIpc) is 2.71. The Morgan fingerprint density at radius 3 is 2.88 bits per heavy atom. The minimum atomic E-state index is 0.424. The van der Waals surface area contributed by atoms with Gasteiger partial charge in [0.15, 0.2) is 0 Å². The number of aromatic nitrogens is 3. The Bertz CT molecular complexity index is 398. The zero-order valence-electron chi connectivity index (χ0n) is 10.8. The Morgan fingerprint density at radius 1 is 1.18 bits per heavy atom. The predicted molar refractivity (Wildman–Crippen MR) is 66.6 cm³/mol. The molecule has 2 aliphatic heterocycles. The minimum Gasteiger partial charge on any atom is -0.314 e. The summed E-state index contributed by atoms with van der Waals surface area (Å²) < 4.78 is 2.36. The van der Waals surface area contributed by atoms with Crippen LogP contribution in [0.5, 0.6) is 0 Å². The van der Waals surface area contributed by atoms with E-state index in [1.807, 2.05) is 0 Å². The Kier molecular flexibility index (Phi) is 2.90. The van der Waals surface area contributed by atoms with E-state index in [0.717, 1.165) is 31.3 Å². The summed E-state index contributed by atoms with van der Waals surface area (Å²) in [6.07, 6.45) is 4.85. The third-order valence-corrected chi connectivity index (χ3v) is 4.21. The fourth-order valence-electron chi connectivity index (χ4n) is 3.07. The van der Waals surface area contributed by atoms with Crippen molar-refractivity contribution in [2.75, 3.05) is 6.54 Å². The minimum absolute atomic E-state index is 0.424. The molecule has 0 saturated carbocycles. The van der Waals surface area contributed by atoms with Crippen LogP contribution in [0.1, 0.15) is 50.8 Å². The highest BCUT2D eigenvalue weighted by atomic mass is 15.3. The zero-order chi connectivity index (χ0) is 11.8. The van der Waals surface area contributed by atoms with Gasteiger partial charge in [-0.2, -0.15) is 0 Å². The highest BCUT2D eigenvalue weighted by Crippen LogP contribution is 2.28. The van der Waals surface area contributed by atoms with Crippen LogP contribution in [0.4, 0.5) is 0 Å². The summed E-state index contributed by atoms with van der Waals surface area (Å²) in [5.74, 6) is 3.94. The van der Waals surface area contributed by atoms with E-state index >= 15 is 0 Å². The highest BCUT2D eigenvalue weighted by molar-refractivity contribution is 5.05. The molecular formula is C13H22N4. The fraction of sp³-hybridized carbons (Fsp3) is 0.846. The first-order chi connectivity index (χ1) is 8.24. The van der Waals surface area contributed by atoms with Gasteiger partial charge < -0.3 is 9.88 Å². The Labute approximate surface area is 103 Å². The summed E-state index contributed by atoms with van der Waals surface area (Å²) in [6, 6.07) is 0.424. The fourth-order valence-corrected chi connectivity index (χ4v) is 3.07. The van der Waals surface area contributed by atoms with Gasteiger partial charge in [0.2, 0.25) is 0 Å². The predicted octanol–water partition coefficient (Wildman–Crippen LogP) is 1.92. The Morgan fingerprint density at radius 2 is 2.06 bits per heavy atom. The van der Waals surface area contributed by atoms with E-state index in [2.05, 4.69) is 33.9 Å². The SMILES string of the molecule is CC1CCn2c(nnc2C2CC(C)CCN2)C1. The third kappa shape index (κ3) is 2.10. The van der Waals surface area contributed by atoms with Crippen molar-refractivity contribution >= 4 is 0 Å². The van der Waals surface area contributed by atoms with Crippen molar-refractivity contribution in [1.29, 1.82) is 0 Å². The van der Waals surface area contributed by atoms with Crippen LogP contribution in [0, 0.1) is 11.8 Å². The molecular weight excluding hydrogens is 212 g/mol. The van der Waals surface area contributed by atoms with E-state index in [1.165, 1.54) is 30.9 Å². The van der Waals surface area contributed by atoms with Gasteiger partial charge in [0.25, 0.3) is 0 Å². The van der Waals surface area contributed by atoms with Crippen LogP contribution in [-0.4, -0.2) is 21.3 Å². The lowest BCUT2D eigenvalue weighted by Crippen LogP contribution is -2.33. The second-order valence-electron chi connectivity index (χ2n) is 5.86. The van der Waals surface area contributed by atoms with Crippen LogP contribution >= 0.6 is 0 Å². The quantitative estimate of drug-likeness (QED) is 0.807. The number of nitrogens with zero attached hydrogens (tertiary/aromatic N) is 3. The maximum absolute atomic E-state index is 4.44. The van der Waals surface area contributed by atoms with Gasteiger partial charge in [0.1, 0.15) is 11.6 Å². The van der Waals surface area contributed by atoms with Crippen molar-refractivity contribution in [1.82, 2.24) is 20.1 Å². The number of nitrogens with one attached hydrogen (secondary N) is 1. The zero-order valence-corrected chi connectivity index (χ0v) is 10.8. The van der Waals surface area contributed by atoms with Crippen molar-refractivity contribution in [2.45, 2.75) is 52.1 Å². The number of hydrogen-bond donors (Lipinski definition) is 1. The van der Waals surface area contributed by atoms with Gasteiger partial charge in [-0.3, -0.25) is 0 Å². The van der Waals surface area contributed by atoms with Gasteiger partial charge >= 0.3 is 0 Å². The molecule has 1 saturated heterocycles. The number of rotatable bonds is 1. The van der Waals surface area contributed by atoms with Crippen LogP contribution in [0.25, 0.3) is 0 Å². The molecule has 0 aliphatic carbocycles. The summed E-state index contributed by atoms with van der Waals surface area (Å²) in [5, 5.41) is 12.4. The molecule has 2 aliphatic rings. The summed E-state index contributed by atoms with van der Waals surface area (Å²) in [4.78, 5) is 0. The van der Waals surface area contributed by atoms with Crippen molar-refractivity contribution in [3.63, 3.8) is 0 Å². The number of fused-ring (bicyclic) bond motifs is 1. The normalized spacial score (nSPS) is 33.4. The van der Waals surface area contributed by atoms with Crippen LogP contribution in [-0.2, 0) is 13.0 Å². The van der Waals surface area contributed by atoms with E-state index in [1.54, 1.807) is 0 Å². The van der Waals surface area contributed by atoms with Crippen molar-refractivity contribution in [2.24, 2.45) is 11.8 Å². The van der Waals surface area contributed by atoms with Gasteiger partial charge in [-0.05, 0) is 37.6 Å². The average molecular weight is 234 g/mol. The van der Waals surface area contributed by atoms with E-state index in [4.69, 9.17) is 0 Å². The van der Waals surface area contributed by atoms with Crippen molar-refractivity contribution < 1.29 is 0 Å². The molecule has 1 fully saturated rings. The molecule has 1 aromatic heterocycles. The first-order valence-corrected chi connectivity index (χ1v) is 6.89. The topological polar surface area (TPSA) is 42.7 Å². The lowest BCUT2D eigenvalue weighted by atomic mass is 9.93. The molecule has 0 spiro atoms. The standard InChI is InChI=1S/C13H22N4/c1-9-3-5-14-11(7-9)13-16-15-12-8-10(2)4-6-17(12)13/h9-11,14H,3-8H2,1-2H3. The van der Waals surface area contributed by atoms with Crippen molar-refractivity contribution in [3.05, 3.63) is 11.6 Å². The van der Waals surface area contributed by atoms with Gasteiger partial charge in [-0.1, -0.05) is 13.8 Å². The Balaban J connectivity index is 1.84. The van der Waals surface area contributed by atoms with E-state index in [-0.39, 0.29) is 0 Å². The van der Waals surface area contributed by atoms with Gasteiger partial charge in [0.05, 0.1) is 6.04 Å². The molecule has 0 amide bonds. The van der Waals surface area contributed by atoms with Gasteiger partial charge in [0, 0.05) is 13.0 Å². The maximum atomic E-state index is 4.44. The van der Waals surface area contributed by atoms with E-state index in [9.17, 15) is 0 Å². The number of piperidine rings is 1. The second kappa shape index (κ2) is 4.41. The molecule has 0 aromatic carbocycles. The first-order valence-electron chi connectivity index (χ1n) is 6.89. The molecule has 3 heterocycles. The van der Waals surface area contributed by atoms with Crippen molar-refractivity contribution in [3.8, 4) is 0 Å². The van der Waals surface area contributed by atoms with Gasteiger partial charge in [-0.15, -0.1) is 10.2 Å². The molecule has 1 N–H and O–H groups in total. The molecule has 17 heavy (non-hydrogen) atoms. The molecule has 0 bridgehead atoms. The van der Waals surface area contributed by atoms with E-state index in [0.29, 0.717) is 6.04 Å². The number of hydrogen-bond acceptors (Lipinski definition) is 3.